The molecule has 4 rings (SSSR count). The van der Waals surface area contributed by atoms with Crippen LogP contribution in [0, 0.1) is 5.41 Å². The van der Waals surface area contributed by atoms with E-state index >= 15 is 0 Å². The van der Waals surface area contributed by atoms with E-state index in [2.05, 4.69) is 26.8 Å². The molecule has 16 heavy (non-hydrogen) atoms. The molecule has 3 heterocycles. The lowest BCUT2D eigenvalue weighted by Gasteiger charge is -2.64. The predicted octanol–water partition coefficient (Wildman–Crippen LogP) is 2.96. The number of ether oxygens (including phenoxy) is 1. The lowest BCUT2D eigenvalue weighted by molar-refractivity contribution is -0.548. The fourth-order valence-electron chi connectivity index (χ4n) is 3.66. The van der Waals surface area contributed by atoms with Crippen molar-refractivity contribution in [3.8, 4) is 0 Å². The summed E-state index contributed by atoms with van der Waals surface area (Å²) in [5.41, 5.74) is -0.662. The monoisotopic (exact) mass is 224 g/mol. The van der Waals surface area contributed by atoms with Gasteiger partial charge in [-0.2, -0.15) is 4.89 Å². The largest absolute Gasteiger partial charge is 0.334 e. The maximum atomic E-state index is 6.16. The van der Waals surface area contributed by atoms with Crippen molar-refractivity contribution in [2.45, 2.75) is 63.9 Å². The molecule has 0 aromatic heterocycles. The van der Waals surface area contributed by atoms with Crippen molar-refractivity contribution >= 4 is 0 Å². The highest BCUT2D eigenvalue weighted by molar-refractivity contribution is 5.27. The molecule has 3 aliphatic heterocycles. The molecule has 0 aromatic rings. The van der Waals surface area contributed by atoms with Gasteiger partial charge >= 0.3 is 0 Å². The van der Waals surface area contributed by atoms with Gasteiger partial charge in [0.25, 0.3) is 0 Å². The van der Waals surface area contributed by atoms with Crippen LogP contribution < -0.4 is 0 Å². The molecule has 3 nitrogen and oxygen atoms in total. The molecule has 1 spiro atoms. The molecule has 4 aliphatic rings. The van der Waals surface area contributed by atoms with Crippen LogP contribution in [-0.4, -0.2) is 17.0 Å². The van der Waals surface area contributed by atoms with Gasteiger partial charge in [-0.05, 0) is 45.3 Å². The standard InChI is InChI=1S/C13H20O3/c1-10(2)6-5-7-11(3)13(10)9-8-12(4,14-11)15-16-13/h8-9H,5-7H2,1-4H3/t11-,12+,13+/m1/s1. The molecule has 1 saturated carbocycles. The normalized spacial score (nSPS) is 53.8. The fraction of sp³-hybridized carbons (Fsp3) is 0.846. The van der Waals surface area contributed by atoms with Crippen LogP contribution in [0.5, 0.6) is 0 Å². The van der Waals surface area contributed by atoms with Crippen LogP contribution in [0.3, 0.4) is 0 Å². The zero-order valence-electron chi connectivity index (χ0n) is 10.5. The highest BCUT2D eigenvalue weighted by Crippen LogP contribution is 2.60. The van der Waals surface area contributed by atoms with E-state index in [1.807, 2.05) is 13.0 Å². The summed E-state index contributed by atoms with van der Waals surface area (Å²) in [6.45, 7) is 8.52. The second-order valence-electron chi connectivity index (χ2n) is 6.32. The third kappa shape index (κ3) is 1.04. The van der Waals surface area contributed by atoms with Crippen LogP contribution in [0.25, 0.3) is 0 Å². The van der Waals surface area contributed by atoms with Crippen LogP contribution in [-0.2, 0) is 14.5 Å². The second kappa shape index (κ2) is 2.71. The van der Waals surface area contributed by atoms with Crippen molar-refractivity contribution in [2.24, 2.45) is 5.41 Å². The van der Waals surface area contributed by atoms with E-state index in [1.54, 1.807) is 0 Å². The molecule has 2 fully saturated rings. The Bertz CT molecular complexity index is 362. The van der Waals surface area contributed by atoms with Gasteiger partial charge in [-0.15, -0.1) is 0 Å². The summed E-state index contributed by atoms with van der Waals surface area (Å²) in [6.07, 6.45) is 7.50. The summed E-state index contributed by atoms with van der Waals surface area (Å²) < 4.78 is 6.16. The van der Waals surface area contributed by atoms with Gasteiger partial charge < -0.3 is 4.74 Å². The maximum absolute atomic E-state index is 6.16. The Morgan fingerprint density at radius 1 is 0.938 bits per heavy atom. The number of fused-ring (bicyclic) bond motifs is 1. The fourth-order valence-corrected chi connectivity index (χ4v) is 3.66. The van der Waals surface area contributed by atoms with Gasteiger partial charge in [0.15, 0.2) is 5.60 Å². The summed E-state index contributed by atoms with van der Waals surface area (Å²) in [5.74, 6) is -0.704. The molecule has 2 bridgehead atoms. The number of hydrogen-bond acceptors (Lipinski definition) is 3. The zero-order valence-corrected chi connectivity index (χ0v) is 10.5. The topological polar surface area (TPSA) is 27.7 Å². The van der Waals surface area contributed by atoms with Crippen LogP contribution >= 0.6 is 0 Å². The van der Waals surface area contributed by atoms with Gasteiger partial charge in [0, 0.05) is 5.41 Å². The Kier molecular flexibility index (Phi) is 1.82. The molecule has 0 amide bonds. The molecule has 90 valence electrons. The Balaban J connectivity index is 2.16. The van der Waals surface area contributed by atoms with Crippen molar-refractivity contribution in [3.63, 3.8) is 0 Å². The smallest absolute Gasteiger partial charge is 0.218 e. The molecule has 1 aliphatic carbocycles. The van der Waals surface area contributed by atoms with Gasteiger partial charge in [-0.25, -0.2) is 4.89 Å². The first-order chi connectivity index (χ1) is 7.33. The molecule has 0 unspecified atom stereocenters. The van der Waals surface area contributed by atoms with E-state index in [0.29, 0.717) is 0 Å². The van der Waals surface area contributed by atoms with E-state index < -0.39 is 11.4 Å². The van der Waals surface area contributed by atoms with E-state index in [0.717, 1.165) is 12.8 Å². The Morgan fingerprint density at radius 3 is 2.31 bits per heavy atom. The van der Waals surface area contributed by atoms with E-state index in [-0.39, 0.29) is 11.0 Å². The minimum absolute atomic E-state index is 0.0399. The minimum Gasteiger partial charge on any atom is -0.334 e. The maximum Gasteiger partial charge on any atom is 0.218 e. The SMILES string of the molecule is CC1(C)CCC[C@@]2(C)O[C@]3(C)C=C[C@]12OO3. The Hall–Kier alpha value is -0.380. The zero-order chi connectivity index (χ0) is 11.7. The lowest BCUT2D eigenvalue weighted by atomic mass is 9.57. The van der Waals surface area contributed by atoms with Gasteiger partial charge in [-0.1, -0.05) is 13.8 Å². The summed E-state index contributed by atoms with van der Waals surface area (Å²) >= 11 is 0. The Morgan fingerprint density at radius 2 is 1.69 bits per heavy atom. The highest BCUT2D eigenvalue weighted by atomic mass is 17.3. The predicted molar refractivity (Wildman–Crippen MR) is 59.6 cm³/mol. The first kappa shape index (κ1) is 10.8. The van der Waals surface area contributed by atoms with Crippen LogP contribution in [0.4, 0.5) is 0 Å². The summed E-state index contributed by atoms with van der Waals surface area (Å²) in [5, 5.41) is 0. The molecular weight excluding hydrogens is 204 g/mol. The quantitative estimate of drug-likeness (QED) is 0.467. The molecule has 0 N–H and O–H groups in total. The van der Waals surface area contributed by atoms with Crippen LogP contribution in [0.2, 0.25) is 0 Å². The van der Waals surface area contributed by atoms with Crippen LogP contribution in [0.1, 0.15) is 47.0 Å². The highest BCUT2D eigenvalue weighted by Gasteiger charge is 2.68. The molecule has 3 atom stereocenters. The third-order valence-corrected chi connectivity index (χ3v) is 4.63. The van der Waals surface area contributed by atoms with Gasteiger partial charge in [0.1, 0.15) is 5.60 Å². The second-order valence-corrected chi connectivity index (χ2v) is 6.32. The van der Waals surface area contributed by atoms with Crippen LogP contribution in [0.15, 0.2) is 12.2 Å². The lowest BCUT2D eigenvalue weighted by Crippen LogP contribution is -2.72. The van der Waals surface area contributed by atoms with Crippen molar-refractivity contribution in [1.29, 1.82) is 0 Å². The van der Waals surface area contributed by atoms with Gasteiger partial charge in [-0.3, -0.25) is 0 Å². The van der Waals surface area contributed by atoms with Crippen molar-refractivity contribution in [1.82, 2.24) is 0 Å². The number of hydrogen-bond donors (Lipinski definition) is 0. The summed E-state index contributed by atoms with van der Waals surface area (Å²) in [7, 11) is 0. The van der Waals surface area contributed by atoms with Crippen molar-refractivity contribution in [2.75, 3.05) is 0 Å². The first-order valence-corrected chi connectivity index (χ1v) is 6.10. The minimum atomic E-state index is -0.704. The average molecular weight is 224 g/mol. The van der Waals surface area contributed by atoms with Gasteiger partial charge in [0.2, 0.25) is 5.79 Å². The molecule has 3 heteroatoms. The molecule has 0 aromatic carbocycles. The molecule has 0 radical (unpaired) electrons. The molecule has 1 saturated heterocycles. The number of rotatable bonds is 0. The Labute approximate surface area is 96.7 Å². The van der Waals surface area contributed by atoms with E-state index in [4.69, 9.17) is 14.5 Å². The average Bonchev–Trinajstić information content (AvgIpc) is 2.15. The van der Waals surface area contributed by atoms with Crippen molar-refractivity contribution < 1.29 is 14.5 Å². The van der Waals surface area contributed by atoms with Gasteiger partial charge in [0.05, 0.1) is 0 Å². The summed E-state index contributed by atoms with van der Waals surface area (Å²) in [4.78, 5) is 11.2. The summed E-state index contributed by atoms with van der Waals surface area (Å²) in [6, 6.07) is 0. The van der Waals surface area contributed by atoms with E-state index in [1.165, 1.54) is 6.42 Å². The van der Waals surface area contributed by atoms with E-state index in [9.17, 15) is 0 Å². The third-order valence-electron chi connectivity index (χ3n) is 4.63. The first-order valence-electron chi connectivity index (χ1n) is 6.10. The van der Waals surface area contributed by atoms with Crippen molar-refractivity contribution in [3.05, 3.63) is 12.2 Å². The molecular formula is C13H20O3.